The van der Waals surface area contributed by atoms with Crippen molar-refractivity contribution in [2.75, 3.05) is 6.54 Å². The van der Waals surface area contributed by atoms with Gasteiger partial charge >= 0.3 is 6.36 Å². The second-order valence-electron chi connectivity index (χ2n) is 9.55. The Balaban J connectivity index is 1.47. The van der Waals surface area contributed by atoms with Crippen LogP contribution in [0.4, 0.5) is 13.2 Å². The Morgan fingerprint density at radius 3 is 2.34 bits per heavy atom. The Bertz CT molecular complexity index is 1130. The number of benzene rings is 2. The summed E-state index contributed by atoms with van der Waals surface area (Å²) in [4.78, 5) is 16.4. The van der Waals surface area contributed by atoms with Gasteiger partial charge in [0.15, 0.2) is 0 Å². The van der Waals surface area contributed by atoms with E-state index in [1.54, 1.807) is 12.1 Å². The Kier molecular flexibility index (Phi) is 7.53. The molecular formula is C28H31F3N2O2. The number of para-hydroxylation sites is 1. The van der Waals surface area contributed by atoms with Gasteiger partial charge in [-0.25, -0.2) is 0 Å². The highest BCUT2D eigenvalue weighted by molar-refractivity contribution is 6.01. The van der Waals surface area contributed by atoms with Crippen molar-refractivity contribution in [2.24, 2.45) is 5.92 Å². The number of halogens is 3. The average Bonchev–Trinajstić information content (AvgIpc) is 3.29. The van der Waals surface area contributed by atoms with Gasteiger partial charge in [0.1, 0.15) is 5.75 Å². The van der Waals surface area contributed by atoms with Crippen LogP contribution in [-0.2, 0) is 0 Å². The van der Waals surface area contributed by atoms with E-state index in [1.165, 1.54) is 23.8 Å². The summed E-state index contributed by atoms with van der Waals surface area (Å²) in [6.07, 6.45) is -0.609. The number of amides is 1. The zero-order valence-electron chi connectivity index (χ0n) is 20.0. The van der Waals surface area contributed by atoms with Crippen molar-refractivity contribution in [2.45, 2.75) is 57.7 Å². The summed E-state index contributed by atoms with van der Waals surface area (Å²) >= 11 is 0. The fraction of sp³-hybridized carbons (Fsp3) is 0.393. The molecule has 4 nitrogen and oxygen atoms in total. The maximum Gasteiger partial charge on any atom is 0.573 e. The van der Waals surface area contributed by atoms with Crippen molar-refractivity contribution in [3.05, 3.63) is 77.5 Å². The standard InChI is InChI=1S/C28H31F3N2O2/c1-18(2)24-16-23(26(33-24)22-10-6-7-11-25(22)35-28(29,30)31)27(34)32-17-19-12-14-21(15-13-19)20-8-4-3-5-9-20/h3-11,16,18-19,21,33H,12-15,17H2,1-2H3,(H,32,34). The minimum atomic E-state index is -4.83. The van der Waals surface area contributed by atoms with Gasteiger partial charge in [0.2, 0.25) is 0 Å². The van der Waals surface area contributed by atoms with E-state index in [-0.39, 0.29) is 23.1 Å². The average molecular weight is 485 g/mol. The minimum absolute atomic E-state index is 0.0688. The first kappa shape index (κ1) is 24.9. The Labute approximate surface area is 203 Å². The molecule has 0 bridgehead atoms. The molecule has 1 fully saturated rings. The Morgan fingerprint density at radius 1 is 1.03 bits per heavy atom. The number of nitrogens with one attached hydrogen (secondary N) is 2. The SMILES string of the molecule is CC(C)c1cc(C(=O)NCC2CCC(c3ccccc3)CC2)c(-c2ccccc2OC(F)(F)F)[nH]1. The molecule has 0 unspecified atom stereocenters. The van der Waals surface area contributed by atoms with E-state index in [4.69, 9.17) is 0 Å². The second kappa shape index (κ2) is 10.6. The number of alkyl halides is 3. The van der Waals surface area contributed by atoms with Crippen LogP contribution in [0.3, 0.4) is 0 Å². The van der Waals surface area contributed by atoms with Gasteiger partial charge in [-0.3, -0.25) is 4.79 Å². The predicted molar refractivity (Wildman–Crippen MR) is 130 cm³/mol. The van der Waals surface area contributed by atoms with E-state index in [0.29, 0.717) is 29.6 Å². The smallest absolute Gasteiger partial charge is 0.405 e. The van der Waals surface area contributed by atoms with Crippen LogP contribution in [0, 0.1) is 5.92 Å². The van der Waals surface area contributed by atoms with Gasteiger partial charge in [0.25, 0.3) is 5.91 Å². The van der Waals surface area contributed by atoms with E-state index < -0.39 is 6.36 Å². The van der Waals surface area contributed by atoms with Crippen LogP contribution in [-0.4, -0.2) is 23.8 Å². The molecule has 1 saturated carbocycles. The summed E-state index contributed by atoms with van der Waals surface area (Å²) < 4.78 is 43.2. The van der Waals surface area contributed by atoms with Crippen LogP contribution in [0.25, 0.3) is 11.3 Å². The highest BCUT2D eigenvalue weighted by atomic mass is 19.4. The van der Waals surface area contributed by atoms with Gasteiger partial charge in [-0.1, -0.05) is 56.3 Å². The molecule has 186 valence electrons. The van der Waals surface area contributed by atoms with Crippen molar-refractivity contribution in [3.63, 3.8) is 0 Å². The molecule has 1 aromatic heterocycles. The number of carbonyl (C=O) groups is 1. The molecule has 1 heterocycles. The molecule has 1 amide bonds. The van der Waals surface area contributed by atoms with E-state index in [2.05, 4.69) is 39.3 Å². The van der Waals surface area contributed by atoms with Crippen LogP contribution >= 0.6 is 0 Å². The Morgan fingerprint density at radius 2 is 1.69 bits per heavy atom. The number of carbonyl (C=O) groups excluding carboxylic acids is 1. The van der Waals surface area contributed by atoms with Gasteiger partial charge < -0.3 is 15.0 Å². The monoisotopic (exact) mass is 484 g/mol. The first-order valence-electron chi connectivity index (χ1n) is 12.1. The van der Waals surface area contributed by atoms with Gasteiger partial charge in [-0.05, 0) is 67.2 Å². The van der Waals surface area contributed by atoms with Crippen molar-refractivity contribution >= 4 is 5.91 Å². The summed E-state index contributed by atoms with van der Waals surface area (Å²) in [6, 6.07) is 18.1. The van der Waals surface area contributed by atoms with Crippen LogP contribution in [0.15, 0.2) is 60.7 Å². The molecular weight excluding hydrogens is 453 g/mol. The first-order chi connectivity index (χ1) is 16.7. The van der Waals surface area contributed by atoms with E-state index in [9.17, 15) is 18.0 Å². The molecule has 3 aromatic rings. The van der Waals surface area contributed by atoms with Crippen LogP contribution in [0.2, 0.25) is 0 Å². The lowest BCUT2D eigenvalue weighted by atomic mass is 9.78. The van der Waals surface area contributed by atoms with Gasteiger partial charge in [-0.2, -0.15) is 0 Å². The van der Waals surface area contributed by atoms with Crippen molar-refractivity contribution in [1.82, 2.24) is 10.3 Å². The number of hydrogen-bond acceptors (Lipinski definition) is 2. The molecule has 7 heteroatoms. The van der Waals surface area contributed by atoms with Gasteiger partial charge in [0.05, 0.1) is 11.3 Å². The fourth-order valence-electron chi connectivity index (χ4n) is 4.82. The molecule has 1 aliphatic carbocycles. The summed E-state index contributed by atoms with van der Waals surface area (Å²) in [6.45, 7) is 4.46. The molecule has 35 heavy (non-hydrogen) atoms. The third-order valence-electron chi connectivity index (χ3n) is 6.76. The lowest BCUT2D eigenvalue weighted by molar-refractivity contribution is -0.274. The molecule has 4 rings (SSSR count). The largest absolute Gasteiger partial charge is 0.573 e. The molecule has 2 aromatic carbocycles. The van der Waals surface area contributed by atoms with E-state index in [1.807, 2.05) is 19.9 Å². The quantitative estimate of drug-likeness (QED) is 0.367. The third kappa shape index (κ3) is 6.27. The predicted octanol–water partition coefficient (Wildman–Crippen LogP) is 7.41. The van der Waals surface area contributed by atoms with E-state index in [0.717, 1.165) is 31.4 Å². The first-order valence-corrected chi connectivity index (χ1v) is 12.1. The van der Waals surface area contributed by atoms with Crippen molar-refractivity contribution in [1.29, 1.82) is 0 Å². The lowest BCUT2D eigenvalue weighted by Crippen LogP contribution is -2.31. The molecule has 0 radical (unpaired) electrons. The molecule has 0 spiro atoms. The van der Waals surface area contributed by atoms with Gasteiger partial charge in [0, 0.05) is 17.8 Å². The molecule has 0 saturated heterocycles. The van der Waals surface area contributed by atoms with Crippen molar-refractivity contribution < 1.29 is 22.7 Å². The summed E-state index contributed by atoms with van der Waals surface area (Å²) in [7, 11) is 0. The number of rotatable bonds is 7. The zero-order chi connectivity index (χ0) is 25.0. The third-order valence-corrected chi connectivity index (χ3v) is 6.76. The minimum Gasteiger partial charge on any atom is -0.405 e. The van der Waals surface area contributed by atoms with Gasteiger partial charge in [-0.15, -0.1) is 13.2 Å². The molecule has 1 aliphatic rings. The summed E-state index contributed by atoms with van der Waals surface area (Å²) in [5, 5.41) is 3.03. The lowest BCUT2D eigenvalue weighted by Gasteiger charge is -2.29. The Hall–Kier alpha value is -3.22. The molecule has 2 N–H and O–H groups in total. The number of aromatic nitrogens is 1. The highest BCUT2D eigenvalue weighted by Crippen LogP contribution is 2.37. The van der Waals surface area contributed by atoms with Crippen LogP contribution in [0.5, 0.6) is 5.75 Å². The number of aromatic amines is 1. The van der Waals surface area contributed by atoms with Crippen LogP contribution < -0.4 is 10.1 Å². The fourth-order valence-corrected chi connectivity index (χ4v) is 4.82. The van der Waals surface area contributed by atoms with Crippen LogP contribution in [0.1, 0.15) is 73.0 Å². The zero-order valence-corrected chi connectivity index (χ0v) is 20.0. The number of hydrogen-bond donors (Lipinski definition) is 2. The number of H-pyrrole nitrogens is 1. The second-order valence-corrected chi connectivity index (χ2v) is 9.55. The highest BCUT2D eigenvalue weighted by Gasteiger charge is 2.33. The van der Waals surface area contributed by atoms with Crippen molar-refractivity contribution in [3.8, 4) is 17.0 Å². The normalized spacial score (nSPS) is 18.5. The number of ether oxygens (including phenoxy) is 1. The molecule has 0 atom stereocenters. The summed E-state index contributed by atoms with van der Waals surface area (Å²) in [5.41, 5.74) is 3.00. The maximum atomic E-state index is 13.2. The van der Waals surface area contributed by atoms with E-state index >= 15 is 0 Å². The topological polar surface area (TPSA) is 54.1 Å². The molecule has 0 aliphatic heterocycles. The summed E-state index contributed by atoms with van der Waals surface area (Å²) in [5.74, 6) is 0.365. The maximum absolute atomic E-state index is 13.2.